The lowest BCUT2D eigenvalue weighted by Crippen LogP contribution is -2.44. The predicted octanol–water partition coefficient (Wildman–Crippen LogP) is 1.84. The van der Waals surface area contributed by atoms with Crippen LogP contribution in [-0.4, -0.2) is 38.2 Å². The number of benzene rings is 1. The molecule has 1 saturated carbocycles. The van der Waals surface area contributed by atoms with Gasteiger partial charge in [0.1, 0.15) is 18.3 Å². The van der Waals surface area contributed by atoms with Gasteiger partial charge in [0.2, 0.25) is 0 Å². The van der Waals surface area contributed by atoms with Crippen molar-refractivity contribution in [2.24, 2.45) is 11.7 Å². The van der Waals surface area contributed by atoms with Crippen molar-refractivity contribution in [3.63, 3.8) is 0 Å². The summed E-state index contributed by atoms with van der Waals surface area (Å²) in [5, 5.41) is 18.3. The normalized spacial score (nSPS) is 19.4. The Morgan fingerprint density at radius 3 is 2.81 bits per heavy atom. The zero-order chi connectivity index (χ0) is 17.8. The van der Waals surface area contributed by atoms with E-state index in [0.717, 1.165) is 25.7 Å². The van der Waals surface area contributed by atoms with Gasteiger partial charge in [0.05, 0.1) is 4.92 Å². The number of amides is 1. The van der Waals surface area contributed by atoms with E-state index in [2.05, 4.69) is 15.4 Å². The van der Waals surface area contributed by atoms with Crippen molar-refractivity contribution in [1.82, 2.24) is 20.1 Å². The zero-order valence-corrected chi connectivity index (χ0v) is 14.9. The number of aromatic nitrogens is 3. The smallest absolute Gasteiger partial charge is 0.295 e. The highest BCUT2D eigenvalue weighted by atomic mass is 35.5. The Balaban J connectivity index is 0.00000243. The quantitative estimate of drug-likeness (QED) is 0.601. The molecule has 2 atom stereocenters. The number of hydrogen-bond acceptors (Lipinski definition) is 6. The maximum atomic E-state index is 12.5. The number of nitrogens with zero attached hydrogens (tertiary/aromatic N) is 4. The van der Waals surface area contributed by atoms with Crippen molar-refractivity contribution in [2.45, 2.75) is 31.7 Å². The first-order valence-corrected chi connectivity index (χ1v) is 8.24. The summed E-state index contributed by atoms with van der Waals surface area (Å²) in [7, 11) is 0. The summed E-state index contributed by atoms with van der Waals surface area (Å²) in [5.74, 6) is -0.0688. The van der Waals surface area contributed by atoms with Gasteiger partial charge in [-0.15, -0.1) is 12.4 Å². The van der Waals surface area contributed by atoms with Crippen LogP contribution in [0.15, 0.2) is 30.9 Å². The molecule has 2 unspecified atom stereocenters. The molecule has 9 nitrogen and oxygen atoms in total. The summed E-state index contributed by atoms with van der Waals surface area (Å²) >= 11 is 0. The minimum atomic E-state index is -0.531. The van der Waals surface area contributed by atoms with Crippen molar-refractivity contribution in [3.8, 4) is 5.69 Å². The van der Waals surface area contributed by atoms with Gasteiger partial charge in [0, 0.05) is 17.7 Å². The van der Waals surface area contributed by atoms with Crippen LogP contribution in [0.2, 0.25) is 0 Å². The standard InChI is InChI=1S/C16H20N6O3.ClH/c17-8-12-3-1-2-4-13(12)20-16(23)11-5-6-14(15(7-11)22(24)25)21-10-18-9-19-21;/h5-7,9-10,12-13H,1-4,8,17H2,(H,20,23);1H. The number of rotatable bonds is 5. The number of nitro groups is 1. The molecule has 0 radical (unpaired) electrons. The van der Waals surface area contributed by atoms with Crippen molar-refractivity contribution < 1.29 is 9.72 Å². The van der Waals surface area contributed by atoms with Crippen molar-refractivity contribution in [3.05, 3.63) is 46.5 Å². The average molecular weight is 381 g/mol. The molecular weight excluding hydrogens is 360 g/mol. The number of carbonyl (C=O) groups excluding carboxylic acids is 1. The number of halogens is 1. The second kappa shape index (κ2) is 8.72. The highest BCUT2D eigenvalue weighted by Crippen LogP contribution is 2.26. The van der Waals surface area contributed by atoms with E-state index in [4.69, 9.17) is 5.73 Å². The van der Waals surface area contributed by atoms with Gasteiger partial charge >= 0.3 is 0 Å². The van der Waals surface area contributed by atoms with Gasteiger partial charge in [-0.1, -0.05) is 12.8 Å². The van der Waals surface area contributed by atoms with Crippen LogP contribution in [0.1, 0.15) is 36.0 Å². The first-order chi connectivity index (χ1) is 12.1. The third kappa shape index (κ3) is 4.17. The SMILES string of the molecule is Cl.NCC1CCCCC1NC(=O)c1ccc(-n2cncn2)c([N+](=O)[O-])c1. The van der Waals surface area contributed by atoms with Gasteiger partial charge in [-0.25, -0.2) is 9.67 Å². The lowest BCUT2D eigenvalue weighted by molar-refractivity contribution is -0.384. The van der Waals surface area contributed by atoms with E-state index < -0.39 is 4.92 Å². The number of nitro benzene ring substituents is 1. The maximum Gasteiger partial charge on any atom is 0.295 e. The maximum absolute atomic E-state index is 12.5. The molecule has 2 aromatic rings. The molecule has 1 aromatic carbocycles. The summed E-state index contributed by atoms with van der Waals surface area (Å²) in [4.78, 5) is 27.2. The number of nitrogens with two attached hydrogens (primary N) is 1. The molecule has 3 rings (SSSR count). The highest BCUT2D eigenvalue weighted by molar-refractivity contribution is 5.95. The zero-order valence-electron chi connectivity index (χ0n) is 14.1. The summed E-state index contributed by atoms with van der Waals surface area (Å²) in [6, 6.07) is 4.34. The van der Waals surface area contributed by atoms with Crippen molar-refractivity contribution >= 4 is 24.0 Å². The third-order valence-electron chi connectivity index (χ3n) is 4.63. The second-order valence-corrected chi connectivity index (χ2v) is 6.16. The van der Waals surface area contributed by atoms with Crippen molar-refractivity contribution in [1.29, 1.82) is 0 Å². The van der Waals surface area contributed by atoms with E-state index >= 15 is 0 Å². The molecule has 0 spiro atoms. The molecular formula is C16H21ClN6O3. The van der Waals surface area contributed by atoms with Crippen LogP contribution in [0, 0.1) is 16.0 Å². The first-order valence-electron chi connectivity index (χ1n) is 8.24. The van der Waals surface area contributed by atoms with E-state index in [-0.39, 0.29) is 47.2 Å². The summed E-state index contributed by atoms with van der Waals surface area (Å²) in [6.07, 6.45) is 6.70. The number of nitrogens with one attached hydrogen (secondary N) is 1. The van der Waals surface area contributed by atoms with Crippen LogP contribution in [0.4, 0.5) is 5.69 Å². The largest absolute Gasteiger partial charge is 0.349 e. The molecule has 1 aliphatic rings. The Morgan fingerprint density at radius 2 is 2.15 bits per heavy atom. The molecule has 26 heavy (non-hydrogen) atoms. The van der Waals surface area contributed by atoms with Crippen LogP contribution in [0.5, 0.6) is 0 Å². The summed E-state index contributed by atoms with van der Waals surface area (Å²) in [5.41, 5.74) is 6.10. The van der Waals surface area contributed by atoms with E-state index in [1.54, 1.807) is 6.07 Å². The van der Waals surface area contributed by atoms with E-state index in [1.807, 2.05) is 0 Å². The van der Waals surface area contributed by atoms with Crippen LogP contribution < -0.4 is 11.1 Å². The lowest BCUT2D eigenvalue weighted by atomic mass is 9.84. The number of hydrogen-bond donors (Lipinski definition) is 2. The van der Waals surface area contributed by atoms with Gasteiger partial charge in [-0.3, -0.25) is 14.9 Å². The van der Waals surface area contributed by atoms with E-state index in [0.29, 0.717) is 6.54 Å². The predicted molar refractivity (Wildman–Crippen MR) is 97.5 cm³/mol. The van der Waals surface area contributed by atoms with Gasteiger partial charge in [0.25, 0.3) is 11.6 Å². The van der Waals surface area contributed by atoms with Gasteiger partial charge < -0.3 is 11.1 Å². The molecule has 3 N–H and O–H groups in total. The Hall–Kier alpha value is -2.52. The summed E-state index contributed by atoms with van der Waals surface area (Å²) in [6.45, 7) is 0.524. The molecule has 10 heteroatoms. The van der Waals surface area contributed by atoms with Gasteiger partial charge in [0.15, 0.2) is 0 Å². The number of carbonyl (C=O) groups is 1. The Labute approximate surface area is 156 Å². The molecule has 1 heterocycles. The average Bonchev–Trinajstić information content (AvgIpc) is 3.16. The molecule has 1 aromatic heterocycles. The molecule has 140 valence electrons. The monoisotopic (exact) mass is 380 g/mol. The molecule has 0 saturated heterocycles. The van der Waals surface area contributed by atoms with Crippen LogP contribution in [0.3, 0.4) is 0 Å². The second-order valence-electron chi connectivity index (χ2n) is 6.16. The van der Waals surface area contributed by atoms with Crippen LogP contribution >= 0.6 is 12.4 Å². The molecule has 1 aliphatic carbocycles. The fourth-order valence-corrected chi connectivity index (χ4v) is 3.27. The fourth-order valence-electron chi connectivity index (χ4n) is 3.27. The highest BCUT2D eigenvalue weighted by Gasteiger charge is 2.26. The van der Waals surface area contributed by atoms with E-state index in [9.17, 15) is 14.9 Å². The van der Waals surface area contributed by atoms with E-state index in [1.165, 1.54) is 29.5 Å². The molecule has 1 fully saturated rings. The molecule has 1 amide bonds. The van der Waals surface area contributed by atoms with Crippen molar-refractivity contribution in [2.75, 3.05) is 6.54 Å². The van der Waals surface area contributed by atoms with Crippen LogP contribution in [-0.2, 0) is 0 Å². The van der Waals surface area contributed by atoms with Gasteiger partial charge in [-0.05, 0) is 37.4 Å². The Kier molecular flexibility index (Phi) is 6.64. The minimum absolute atomic E-state index is 0. The fraction of sp³-hybridized carbons (Fsp3) is 0.438. The lowest BCUT2D eigenvalue weighted by Gasteiger charge is -2.31. The molecule has 0 aliphatic heterocycles. The Morgan fingerprint density at radius 1 is 1.38 bits per heavy atom. The van der Waals surface area contributed by atoms with Gasteiger partial charge in [-0.2, -0.15) is 5.10 Å². The minimum Gasteiger partial charge on any atom is -0.349 e. The summed E-state index contributed by atoms with van der Waals surface area (Å²) < 4.78 is 1.30. The topological polar surface area (TPSA) is 129 Å². The Bertz CT molecular complexity index is 767. The van der Waals surface area contributed by atoms with Crippen LogP contribution in [0.25, 0.3) is 5.69 Å². The third-order valence-corrected chi connectivity index (χ3v) is 4.63. The first kappa shape index (κ1) is 19.8. The molecule has 0 bridgehead atoms.